The van der Waals surface area contributed by atoms with Crippen LogP contribution in [0.3, 0.4) is 0 Å². The Bertz CT molecular complexity index is 2080. The third-order valence-electron chi connectivity index (χ3n) is 11.5. The molecule has 0 aliphatic carbocycles. The topological polar surface area (TPSA) is 399 Å². The second kappa shape index (κ2) is 108. The number of carbonyl (C=O) groups is 16. The van der Waals surface area contributed by atoms with Crippen LogP contribution in [0.2, 0.25) is 0 Å². The highest BCUT2D eigenvalue weighted by atomic mass is 32.1. The van der Waals surface area contributed by atoms with E-state index in [4.69, 9.17) is 17.2 Å². The molecule has 0 aromatic carbocycles. The molecule has 0 spiro atoms. The number of nitrogens with two attached hydrogens (primary N) is 3. The molecule has 30 heteroatoms. The van der Waals surface area contributed by atoms with Crippen molar-refractivity contribution in [3.63, 3.8) is 0 Å². The van der Waals surface area contributed by atoms with Crippen LogP contribution >= 0.6 is 88.4 Å². The standard InChI is InChI=1S/C14H23N3O5S3.C11H19NO3S.C9H16N2O3S2.2C8H14O2.C4H9NOS.10C2H6/c1-7(18)9(5-24)16-14(22)3-12(20)10(6-25)17-13(21)2-11(19)8(15)4-23;1-4-7(2)10(14)5-11(15)12-9(6-16)8(3)13;1-5(12)7(4-16)11-9(14)2-8(13)6(10)3-15;2*1-4-6(2)8(10)5-7(3)9;1-3(6)4(5)2-7;10*1-2/h8-10,23-25H,2-6,15H2,1H3,(H,16,22)(H,17,21);7,9,16H,4-6H2,1-3H3,(H,12,15);6-7,15-16H,2-4,10H2,1H3,(H,11,14);2*6H,4-5H2,1-3H3;4,7H,2,5H2,1H3;10*1-2H3/t8-,9-,10-;7-,9-;6-,7-;2*6-;4-;;;;;;;;;;/m000000........../s1. The molecule has 0 saturated carbocycles. The average molecular weight is 1620 g/mol. The van der Waals surface area contributed by atoms with Gasteiger partial charge in [0, 0.05) is 58.0 Å². The lowest BCUT2D eigenvalue weighted by atomic mass is 10.00. The monoisotopic (exact) mass is 1620 g/mol. The Labute approximate surface area is 671 Å². The van der Waals surface area contributed by atoms with E-state index in [0.717, 1.165) is 19.3 Å². The molecule has 0 aromatic rings. The van der Waals surface area contributed by atoms with Gasteiger partial charge >= 0.3 is 0 Å². The SMILES string of the molecule is CC.CC.CC.CC.CC.CC.CC.CC.CC.CC.CC(=O)[C@@H](N)CS.CC(=O)[C@H](CS)NC(=O)CC(=O)[C@@H](N)CS.CC(=O)[C@H](CS)NC(=O)CC(=O)[C@H](CS)NC(=O)CC(=O)[C@@H](N)CS.CC[C@H](C)C(=O)CC(=O)N[C@@H](CS)C(C)=O.CC[C@H](C)C(=O)CC(C)=O.CC[C@H](C)C(=O)CC(C)=O. The molecule has 104 heavy (non-hydrogen) atoms. The molecule has 624 valence electrons. The number of thiol groups is 7. The zero-order chi connectivity index (χ0) is 87.2. The zero-order valence-electron chi connectivity index (χ0n) is 70.5. The number of hydrogen-bond donors (Lipinski definition) is 14. The lowest BCUT2D eigenvalue weighted by Crippen LogP contribution is -2.47. The largest absolute Gasteiger partial charge is 0.345 e. The Morgan fingerprint density at radius 3 is 0.567 bits per heavy atom. The Hall–Kier alpha value is -3.75. The predicted molar refractivity (Wildman–Crippen MR) is 462 cm³/mol. The molecule has 0 bridgehead atoms. The van der Waals surface area contributed by atoms with Gasteiger partial charge < -0.3 is 38.5 Å². The molecule has 0 rings (SSSR count). The summed E-state index contributed by atoms with van der Waals surface area (Å²) in [5.41, 5.74) is 16.1. The third-order valence-corrected chi connectivity index (χ3v) is 14.2. The fraction of sp³-hybridized carbons (Fsp3) is 0.784. The van der Waals surface area contributed by atoms with E-state index < -0.39 is 90.1 Å². The maximum Gasteiger partial charge on any atom is 0.228 e. The summed E-state index contributed by atoms with van der Waals surface area (Å²) in [5, 5.41) is 9.63. The first-order chi connectivity index (χ1) is 48.8. The summed E-state index contributed by atoms with van der Waals surface area (Å²) >= 11 is 27.3. The molecule has 10 atom stereocenters. The van der Waals surface area contributed by atoms with Gasteiger partial charge in [0.05, 0.1) is 80.8 Å². The van der Waals surface area contributed by atoms with Crippen molar-refractivity contribution in [2.24, 2.45) is 35.0 Å². The number of carbonyl (C=O) groups excluding carboxylic acids is 16. The highest BCUT2D eigenvalue weighted by molar-refractivity contribution is 7.81. The minimum atomic E-state index is -1.03. The average Bonchev–Trinajstić information content (AvgIpc) is 0.908. The summed E-state index contributed by atoms with van der Waals surface area (Å²) in [5.74, 6) is -3.22. The molecule has 0 heterocycles. The van der Waals surface area contributed by atoms with Gasteiger partial charge in [-0.05, 0) is 60.8 Å². The molecule has 0 aliphatic heterocycles. The summed E-state index contributed by atoms with van der Waals surface area (Å²) in [6.07, 6.45) is 1.06. The van der Waals surface area contributed by atoms with Crippen LogP contribution in [0.5, 0.6) is 0 Å². The van der Waals surface area contributed by atoms with E-state index in [9.17, 15) is 76.7 Å². The van der Waals surface area contributed by atoms with Gasteiger partial charge in [0.2, 0.25) is 23.6 Å². The number of ketones is 12. The van der Waals surface area contributed by atoms with Gasteiger partial charge in [-0.25, -0.2) is 0 Å². The van der Waals surface area contributed by atoms with Crippen molar-refractivity contribution in [3.05, 3.63) is 0 Å². The maximum atomic E-state index is 12.1. The van der Waals surface area contributed by atoms with Crippen LogP contribution in [0.4, 0.5) is 0 Å². The molecule has 0 unspecified atom stereocenters. The molecule has 4 amide bonds. The smallest absolute Gasteiger partial charge is 0.228 e. The van der Waals surface area contributed by atoms with Gasteiger partial charge in [-0.15, -0.1) is 0 Å². The minimum Gasteiger partial charge on any atom is -0.345 e. The van der Waals surface area contributed by atoms with E-state index >= 15 is 0 Å². The van der Waals surface area contributed by atoms with Crippen LogP contribution in [-0.2, 0) is 76.7 Å². The van der Waals surface area contributed by atoms with Crippen molar-refractivity contribution in [1.29, 1.82) is 0 Å². The van der Waals surface area contributed by atoms with Gasteiger partial charge in [-0.2, -0.15) is 88.4 Å². The van der Waals surface area contributed by atoms with Crippen LogP contribution in [0.1, 0.15) is 279 Å². The highest BCUT2D eigenvalue weighted by Gasteiger charge is 2.26. The normalized spacial score (nSPS) is 11.6. The van der Waals surface area contributed by atoms with Gasteiger partial charge in [-0.1, -0.05) is 180 Å². The summed E-state index contributed by atoms with van der Waals surface area (Å²) in [6.45, 7) is 59.7. The van der Waals surface area contributed by atoms with Crippen molar-refractivity contribution >= 4 is 181 Å². The summed E-state index contributed by atoms with van der Waals surface area (Å²) < 4.78 is 0. The molecule has 10 N–H and O–H groups in total. The zero-order valence-corrected chi connectivity index (χ0v) is 76.7. The molecule has 0 aromatic heterocycles. The molecular weight excluding hydrogens is 1470 g/mol. The summed E-state index contributed by atoms with van der Waals surface area (Å²) in [4.78, 5) is 179. The quantitative estimate of drug-likeness (QED) is 0.0205. The molecule has 23 nitrogen and oxygen atoms in total. The first-order valence-electron chi connectivity index (χ1n) is 36.7. The number of Topliss-reactive ketones (excluding diaryl/α,β-unsaturated/α-hetero) is 12. The van der Waals surface area contributed by atoms with E-state index in [2.05, 4.69) is 110 Å². The molecule has 0 radical (unpaired) electrons. The van der Waals surface area contributed by atoms with E-state index in [1.165, 1.54) is 41.5 Å². The van der Waals surface area contributed by atoms with Crippen molar-refractivity contribution in [2.45, 2.75) is 322 Å². The van der Waals surface area contributed by atoms with E-state index in [0.29, 0.717) is 5.75 Å². The fourth-order valence-electron chi connectivity index (χ4n) is 5.08. The first kappa shape index (κ1) is 139. The fourth-order valence-corrected chi connectivity index (χ4v) is 7.09. The Kier molecular flexibility index (Phi) is 144. The molecule has 0 aliphatic rings. The first-order valence-corrected chi connectivity index (χ1v) is 41.1. The highest BCUT2D eigenvalue weighted by Crippen LogP contribution is 2.08. The van der Waals surface area contributed by atoms with Gasteiger partial charge in [-0.3, -0.25) is 76.7 Å². The number of hydrogen-bond acceptors (Lipinski definition) is 26. The van der Waals surface area contributed by atoms with Gasteiger partial charge in [0.15, 0.2) is 34.7 Å². The lowest BCUT2D eigenvalue weighted by Gasteiger charge is -2.17. The lowest BCUT2D eigenvalue weighted by molar-refractivity contribution is -0.134. The van der Waals surface area contributed by atoms with Crippen molar-refractivity contribution < 1.29 is 76.7 Å². The predicted octanol–water partition coefficient (Wildman–Crippen LogP) is 12.0. The van der Waals surface area contributed by atoms with Gasteiger partial charge in [0.1, 0.15) is 34.7 Å². The minimum absolute atomic E-state index is 0.00463. The Morgan fingerprint density at radius 2 is 0.423 bits per heavy atom. The second-order valence-corrected chi connectivity index (χ2v) is 21.8. The third kappa shape index (κ3) is 100. The van der Waals surface area contributed by atoms with Crippen molar-refractivity contribution in [1.82, 2.24) is 21.3 Å². The summed E-state index contributed by atoms with van der Waals surface area (Å²) in [6, 6.07) is -5.06. The summed E-state index contributed by atoms with van der Waals surface area (Å²) in [7, 11) is 0. The van der Waals surface area contributed by atoms with E-state index in [-0.39, 0.29) is 136 Å². The van der Waals surface area contributed by atoms with Crippen molar-refractivity contribution in [2.75, 3.05) is 40.3 Å². The second-order valence-electron chi connectivity index (χ2n) is 19.2. The molecule has 0 fully saturated rings. The van der Waals surface area contributed by atoms with Crippen molar-refractivity contribution in [3.8, 4) is 0 Å². The Balaban J connectivity index is -0.0000000626. The van der Waals surface area contributed by atoms with Crippen LogP contribution in [0.25, 0.3) is 0 Å². The van der Waals surface area contributed by atoms with Crippen LogP contribution in [0.15, 0.2) is 0 Å². The number of nitrogens with one attached hydrogen (secondary N) is 4. The molecular formula is C74H155N7O16S7. The van der Waals surface area contributed by atoms with Crippen LogP contribution in [-0.4, -0.2) is 176 Å². The van der Waals surface area contributed by atoms with Gasteiger partial charge in [0.25, 0.3) is 0 Å². The number of amides is 4. The maximum absolute atomic E-state index is 12.1. The van der Waals surface area contributed by atoms with E-state index in [1.54, 1.807) is 6.92 Å². The number of rotatable bonds is 36. The van der Waals surface area contributed by atoms with E-state index in [1.807, 2.05) is 173 Å². The van der Waals surface area contributed by atoms with Crippen LogP contribution < -0.4 is 38.5 Å². The molecule has 0 saturated heterocycles. The Morgan fingerprint density at radius 1 is 0.250 bits per heavy atom. The van der Waals surface area contributed by atoms with Crippen LogP contribution in [0, 0.1) is 17.8 Å².